The average Bonchev–Trinajstić information content (AvgIpc) is 2.90. The summed E-state index contributed by atoms with van der Waals surface area (Å²) in [6.45, 7) is 11.9. The first-order valence-electron chi connectivity index (χ1n) is 13.2. The van der Waals surface area contributed by atoms with Crippen LogP contribution in [0.2, 0.25) is 5.02 Å². The Morgan fingerprint density at radius 2 is 1.86 bits per heavy atom. The molecule has 1 aliphatic heterocycles. The Labute approximate surface area is 214 Å². The van der Waals surface area contributed by atoms with Crippen LogP contribution in [0.15, 0.2) is 55.1 Å². The van der Waals surface area contributed by atoms with Gasteiger partial charge in [-0.05, 0) is 43.9 Å². The van der Waals surface area contributed by atoms with Crippen molar-refractivity contribution in [1.82, 2.24) is 20.5 Å². The Morgan fingerprint density at radius 3 is 2.60 bits per heavy atom. The van der Waals surface area contributed by atoms with Gasteiger partial charge in [-0.3, -0.25) is 4.90 Å². The molecule has 0 radical (unpaired) electrons. The second-order valence-corrected chi connectivity index (χ2v) is 10.6. The first-order valence-corrected chi connectivity index (χ1v) is 13.5. The number of halogens is 1. The average molecular weight is 489 g/mol. The molecule has 35 heavy (non-hydrogen) atoms. The number of pyridine rings is 1. The van der Waals surface area contributed by atoms with Gasteiger partial charge in [0.05, 0.1) is 11.2 Å². The molecule has 0 amide bonds. The van der Waals surface area contributed by atoms with Crippen LogP contribution in [0.5, 0.6) is 0 Å². The lowest BCUT2D eigenvalue weighted by molar-refractivity contribution is 0.233. The maximum absolute atomic E-state index is 6.53. The molecule has 4 nitrogen and oxygen atoms in total. The minimum absolute atomic E-state index is 0.386. The molecule has 1 aromatic heterocycles. The quantitative estimate of drug-likeness (QED) is 0.398. The summed E-state index contributed by atoms with van der Waals surface area (Å²) in [4.78, 5) is 7.72. The van der Waals surface area contributed by atoms with Crippen molar-refractivity contribution in [3.63, 3.8) is 0 Å². The van der Waals surface area contributed by atoms with Crippen molar-refractivity contribution >= 4 is 28.2 Å². The minimum atomic E-state index is 0.386. The number of benzene rings is 2. The van der Waals surface area contributed by atoms with Crippen LogP contribution < -0.4 is 10.6 Å². The lowest BCUT2D eigenvalue weighted by atomic mass is 9.84. The van der Waals surface area contributed by atoms with Gasteiger partial charge in [-0.2, -0.15) is 0 Å². The lowest BCUT2D eigenvalue weighted by Gasteiger charge is -2.32. The summed E-state index contributed by atoms with van der Waals surface area (Å²) in [6.07, 6.45) is 6.64. The molecule has 0 spiro atoms. The molecule has 184 valence electrons. The van der Waals surface area contributed by atoms with E-state index in [1.54, 1.807) is 0 Å². The summed E-state index contributed by atoms with van der Waals surface area (Å²) in [5.41, 5.74) is 6.53. The van der Waals surface area contributed by atoms with E-state index >= 15 is 0 Å². The maximum Gasteiger partial charge on any atom is 0.0761 e. The second-order valence-electron chi connectivity index (χ2n) is 10.2. The van der Waals surface area contributed by atoms with Crippen LogP contribution >= 0.6 is 11.6 Å². The van der Waals surface area contributed by atoms with Crippen molar-refractivity contribution in [2.24, 2.45) is 5.92 Å². The summed E-state index contributed by atoms with van der Waals surface area (Å²) in [5.74, 6) is 0.697. The van der Waals surface area contributed by atoms with Gasteiger partial charge in [0.2, 0.25) is 0 Å². The summed E-state index contributed by atoms with van der Waals surface area (Å²) >= 11 is 6.53. The molecule has 1 saturated heterocycles. The zero-order valence-corrected chi connectivity index (χ0v) is 21.6. The molecule has 0 bridgehead atoms. The molecule has 2 fully saturated rings. The highest BCUT2D eigenvalue weighted by molar-refractivity contribution is 6.31. The van der Waals surface area contributed by atoms with Crippen molar-refractivity contribution in [1.29, 1.82) is 0 Å². The number of nitrogens with zero attached hydrogens (tertiary/aromatic N) is 2. The zero-order chi connectivity index (χ0) is 24.2. The summed E-state index contributed by atoms with van der Waals surface area (Å²) in [5, 5.41) is 9.13. The SMILES string of the molecule is C=C(N[C@@H](C)C1CCCCC1)c1c(CN2CCNCC2)c(-c2ccccc2)nc2ccc(Cl)cc12. The molecule has 5 rings (SSSR count). The number of piperazine rings is 1. The van der Waals surface area contributed by atoms with E-state index in [4.69, 9.17) is 16.6 Å². The van der Waals surface area contributed by atoms with Gasteiger partial charge in [0.25, 0.3) is 0 Å². The predicted molar refractivity (Wildman–Crippen MR) is 149 cm³/mol. The van der Waals surface area contributed by atoms with E-state index in [1.807, 2.05) is 12.1 Å². The number of nitrogens with one attached hydrogen (secondary N) is 2. The van der Waals surface area contributed by atoms with Crippen molar-refractivity contribution < 1.29 is 0 Å². The summed E-state index contributed by atoms with van der Waals surface area (Å²) in [6, 6.07) is 17.0. The molecule has 2 aromatic carbocycles. The van der Waals surface area contributed by atoms with E-state index in [2.05, 4.69) is 65.4 Å². The fourth-order valence-electron chi connectivity index (χ4n) is 5.80. The first kappa shape index (κ1) is 24.3. The zero-order valence-electron chi connectivity index (χ0n) is 20.8. The van der Waals surface area contributed by atoms with Gasteiger partial charge in [-0.1, -0.05) is 67.8 Å². The Morgan fingerprint density at radius 1 is 1.11 bits per heavy atom. The number of aromatic nitrogens is 1. The molecule has 1 atom stereocenters. The van der Waals surface area contributed by atoms with Gasteiger partial charge in [-0.15, -0.1) is 0 Å². The van der Waals surface area contributed by atoms with Gasteiger partial charge >= 0.3 is 0 Å². The van der Waals surface area contributed by atoms with Crippen LogP contribution in [0.3, 0.4) is 0 Å². The monoisotopic (exact) mass is 488 g/mol. The van der Waals surface area contributed by atoms with Crippen LogP contribution in [-0.2, 0) is 6.54 Å². The van der Waals surface area contributed by atoms with Crippen LogP contribution in [0, 0.1) is 5.92 Å². The third-order valence-electron chi connectivity index (χ3n) is 7.75. The molecule has 3 aromatic rings. The van der Waals surface area contributed by atoms with Gasteiger partial charge in [-0.25, -0.2) is 4.98 Å². The van der Waals surface area contributed by atoms with Gasteiger partial charge < -0.3 is 10.6 Å². The number of fused-ring (bicyclic) bond motifs is 1. The Balaban J connectivity index is 1.62. The molecule has 2 aliphatic rings. The van der Waals surface area contributed by atoms with Crippen LogP contribution in [-0.4, -0.2) is 42.1 Å². The van der Waals surface area contributed by atoms with E-state index < -0.39 is 0 Å². The second kappa shape index (κ2) is 11.1. The highest BCUT2D eigenvalue weighted by Crippen LogP contribution is 2.36. The lowest BCUT2D eigenvalue weighted by Crippen LogP contribution is -2.43. The molecule has 1 aliphatic carbocycles. The van der Waals surface area contributed by atoms with E-state index in [0.717, 1.165) is 71.2 Å². The molecule has 2 heterocycles. The van der Waals surface area contributed by atoms with E-state index in [0.29, 0.717) is 12.0 Å². The summed E-state index contributed by atoms with van der Waals surface area (Å²) in [7, 11) is 0. The smallest absolute Gasteiger partial charge is 0.0761 e. The molecular formula is C30H37ClN4. The van der Waals surface area contributed by atoms with Crippen LogP contribution in [0.25, 0.3) is 27.9 Å². The number of hydrogen-bond donors (Lipinski definition) is 2. The highest BCUT2D eigenvalue weighted by Gasteiger charge is 2.25. The van der Waals surface area contributed by atoms with Gasteiger partial charge in [0.15, 0.2) is 0 Å². The minimum Gasteiger partial charge on any atom is -0.382 e. The van der Waals surface area contributed by atoms with Crippen molar-refractivity contribution in [3.8, 4) is 11.3 Å². The number of hydrogen-bond acceptors (Lipinski definition) is 4. The van der Waals surface area contributed by atoms with E-state index in [-0.39, 0.29) is 0 Å². The van der Waals surface area contributed by atoms with Gasteiger partial charge in [0.1, 0.15) is 0 Å². The fourth-order valence-corrected chi connectivity index (χ4v) is 5.97. The van der Waals surface area contributed by atoms with E-state index in [9.17, 15) is 0 Å². The highest BCUT2D eigenvalue weighted by atomic mass is 35.5. The van der Waals surface area contributed by atoms with Crippen molar-refractivity contribution in [2.45, 2.75) is 51.6 Å². The van der Waals surface area contributed by atoms with Crippen LogP contribution in [0.4, 0.5) is 0 Å². The van der Waals surface area contributed by atoms with Crippen LogP contribution in [0.1, 0.15) is 50.2 Å². The fraction of sp³-hybridized carbons (Fsp3) is 0.433. The topological polar surface area (TPSA) is 40.2 Å². The third kappa shape index (κ3) is 5.55. The largest absolute Gasteiger partial charge is 0.382 e. The normalized spacial score (nSPS) is 18.5. The third-order valence-corrected chi connectivity index (χ3v) is 7.98. The molecular weight excluding hydrogens is 452 g/mol. The Kier molecular flexibility index (Phi) is 7.72. The Hall–Kier alpha value is -2.40. The Bertz CT molecular complexity index is 1160. The molecule has 0 unspecified atom stereocenters. The molecule has 2 N–H and O–H groups in total. The predicted octanol–water partition coefficient (Wildman–Crippen LogP) is 6.49. The standard InChI is InChI=1S/C30H37ClN4/c1-21(23-9-5-3-6-10-23)33-22(2)29-26-19-25(31)13-14-28(26)34-30(24-11-7-4-8-12-24)27(29)20-35-17-15-32-16-18-35/h4,7-8,11-14,19,21,23,32-33H,2-3,5-6,9-10,15-18,20H2,1H3/t21-/m0/s1. The molecule has 5 heteroatoms. The van der Waals surface area contributed by atoms with Crippen molar-refractivity contribution in [2.75, 3.05) is 26.2 Å². The van der Waals surface area contributed by atoms with E-state index in [1.165, 1.54) is 37.7 Å². The summed E-state index contributed by atoms with van der Waals surface area (Å²) < 4.78 is 0. The van der Waals surface area contributed by atoms with Gasteiger partial charge in [0, 0.05) is 71.6 Å². The molecule has 1 saturated carbocycles. The first-order chi connectivity index (χ1) is 17.1. The maximum atomic E-state index is 6.53. The number of rotatable bonds is 7. The van der Waals surface area contributed by atoms with Crippen molar-refractivity contribution in [3.05, 3.63) is 71.3 Å².